The fourth-order valence-corrected chi connectivity index (χ4v) is 1.35. The van der Waals surface area contributed by atoms with E-state index in [2.05, 4.69) is 5.16 Å². The van der Waals surface area contributed by atoms with Crippen LogP contribution in [-0.2, 0) is 0 Å². The number of rotatable bonds is 5. The van der Waals surface area contributed by atoms with Crippen molar-refractivity contribution >= 4 is 5.84 Å². The van der Waals surface area contributed by atoms with E-state index in [0.717, 1.165) is 12.1 Å². The second-order valence-electron chi connectivity index (χ2n) is 4.14. The molecule has 94 valence electrons. The van der Waals surface area contributed by atoms with E-state index in [9.17, 15) is 0 Å². The van der Waals surface area contributed by atoms with Crippen LogP contribution < -0.4 is 10.5 Å². The van der Waals surface area contributed by atoms with Crippen LogP contribution in [0.3, 0.4) is 0 Å². The molecule has 1 aromatic carbocycles. The average molecular weight is 237 g/mol. The third-order valence-corrected chi connectivity index (χ3v) is 2.32. The zero-order valence-electron chi connectivity index (χ0n) is 10.5. The topological polar surface area (TPSA) is 71.1 Å². The highest BCUT2D eigenvalue weighted by Crippen LogP contribution is 2.20. The van der Waals surface area contributed by atoms with Crippen LogP contribution in [0.15, 0.2) is 23.4 Å². The molecule has 0 fully saturated rings. The minimum Gasteiger partial charge on any atom is -0.491 e. The standard InChI is InChI=1S/C12H19N3O2/c1-9-4-5-10(12(13)14-16)11(8-9)17-7-6-15(2)3/h4-5,8,16H,6-7H2,1-3H3,(H2,13,14). The fraction of sp³-hybridized carbons (Fsp3) is 0.417. The first-order valence-electron chi connectivity index (χ1n) is 5.40. The summed E-state index contributed by atoms with van der Waals surface area (Å²) >= 11 is 0. The third kappa shape index (κ3) is 3.96. The number of nitrogens with zero attached hydrogens (tertiary/aromatic N) is 2. The predicted molar refractivity (Wildman–Crippen MR) is 67.7 cm³/mol. The van der Waals surface area contributed by atoms with Gasteiger partial charge in [0.25, 0.3) is 0 Å². The van der Waals surface area contributed by atoms with Crippen LogP contribution in [-0.4, -0.2) is 43.2 Å². The summed E-state index contributed by atoms with van der Waals surface area (Å²) in [6, 6.07) is 5.56. The quantitative estimate of drug-likeness (QED) is 0.347. The van der Waals surface area contributed by atoms with Crippen molar-refractivity contribution in [1.29, 1.82) is 0 Å². The molecular formula is C12H19N3O2. The van der Waals surface area contributed by atoms with Crippen LogP contribution in [0.25, 0.3) is 0 Å². The van der Waals surface area contributed by atoms with Gasteiger partial charge >= 0.3 is 0 Å². The Labute approximate surface area is 101 Å². The number of benzene rings is 1. The van der Waals surface area contributed by atoms with Gasteiger partial charge in [-0.05, 0) is 38.7 Å². The molecule has 0 bridgehead atoms. The Hall–Kier alpha value is -1.75. The van der Waals surface area contributed by atoms with Gasteiger partial charge in [-0.15, -0.1) is 0 Å². The molecule has 0 saturated carbocycles. The third-order valence-electron chi connectivity index (χ3n) is 2.32. The number of amidine groups is 1. The minimum absolute atomic E-state index is 0.0600. The Kier molecular flexibility index (Phi) is 4.78. The smallest absolute Gasteiger partial charge is 0.173 e. The maximum absolute atomic E-state index is 8.69. The molecular weight excluding hydrogens is 218 g/mol. The highest BCUT2D eigenvalue weighted by molar-refractivity contribution is 5.99. The van der Waals surface area contributed by atoms with Crippen LogP contribution in [0.1, 0.15) is 11.1 Å². The summed E-state index contributed by atoms with van der Waals surface area (Å²) in [7, 11) is 3.95. The van der Waals surface area contributed by atoms with Gasteiger partial charge in [-0.2, -0.15) is 0 Å². The molecule has 0 aliphatic carbocycles. The maximum atomic E-state index is 8.69. The van der Waals surface area contributed by atoms with E-state index in [1.807, 2.05) is 38.1 Å². The lowest BCUT2D eigenvalue weighted by atomic mass is 10.1. The Morgan fingerprint density at radius 1 is 1.47 bits per heavy atom. The van der Waals surface area contributed by atoms with E-state index >= 15 is 0 Å². The van der Waals surface area contributed by atoms with Crippen LogP contribution >= 0.6 is 0 Å². The lowest BCUT2D eigenvalue weighted by Gasteiger charge is -2.14. The van der Waals surface area contributed by atoms with Crippen molar-refractivity contribution in [3.63, 3.8) is 0 Å². The van der Waals surface area contributed by atoms with Gasteiger partial charge in [0.05, 0.1) is 5.56 Å². The molecule has 1 aromatic rings. The summed E-state index contributed by atoms with van der Waals surface area (Å²) in [5.74, 6) is 0.701. The van der Waals surface area contributed by atoms with Gasteiger partial charge in [-0.3, -0.25) is 0 Å². The lowest BCUT2D eigenvalue weighted by Crippen LogP contribution is -2.21. The molecule has 0 aliphatic rings. The van der Waals surface area contributed by atoms with Crippen molar-refractivity contribution in [2.45, 2.75) is 6.92 Å². The largest absolute Gasteiger partial charge is 0.491 e. The summed E-state index contributed by atoms with van der Waals surface area (Å²) in [4.78, 5) is 2.03. The van der Waals surface area contributed by atoms with Gasteiger partial charge < -0.3 is 20.6 Å². The van der Waals surface area contributed by atoms with E-state index in [4.69, 9.17) is 15.7 Å². The van der Waals surface area contributed by atoms with Crippen molar-refractivity contribution in [3.8, 4) is 5.75 Å². The molecule has 0 unspecified atom stereocenters. The van der Waals surface area contributed by atoms with Gasteiger partial charge in [-0.25, -0.2) is 0 Å². The Morgan fingerprint density at radius 3 is 2.76 bits per heavy atom. The second-order valence-corrected chi connectivity index (χ2v) is 4.14. The van der Waals surface area contributed by atoms with Crippen LogP contribution in [0, 0.1) is 6.92 Å². The summed E-state index contributed by atoms with van der Waals surface area (Å²) in [5, 5.41) is 11.7. The van der Waals surface area contributed by atoms with Crippen molar-refractivity contribution in [2.75, 3.05) is 27.2 Å². The van der Waals surface area contributed by atoms with Gasteiger partial charge in [0.15, 0.2) is 5.84 Å². The van der Waals surface area contributed by atoms with Gasteiger partial charge in [0, 0.05) is 6.54 Å². The van der Waals surface area contributed by atoms with Crippen LogP contribution in [0.5, 0.6) is 5.75 Å². The monoisotopic (exact) mass is 237 g/mol. The minimum atomic E-state index is 0.0600. The molecule has 0 heterocycles. The van der Waals surface area contributed by atoms with E-state index in [1.165, 1.54) is 0 Å². The Bertz CT molecular complexity index is 403. The molecule has 0 radical (unpaired) electrons. The van der Waals surface area contributed by atoms with Crippen LogP contribution in [0.2, 0.25) is 0 Å². The Morgan fingerprint density at radius 2 is 2.18 bits per heavy atom. The SMILES string of the molecule is Cc1ccc(C(N)=NO)c(OCCN(C)C)c1. The molecule has 0 aliphatic heterocycles. The number of hydrogen-bond donors (Lipinski definition) is 2. The van der Waals surface area contributed by atoms with E-state index in [0.29, 0.717) is 17.9 Å². The second kappa shape index (κ2) is 6.10. The zero-order valence-corrected chi connectivity index (χ0v) is 10.5. The molecule has 3 N–H and O–H groups in total. The molecule has 0 amide bonds. The molecule has 5 heteroatoms. The van der Waals surface area contributed by atoms with Crippen LogP contribution in [0.4, 0.5) is 0 Å². The molecule has 0 saturated heterocycles. The first-order valence-corrected chi connectivity index (χ1v) is 5.40. The molecule has 17 heavy (non-hydrogen) atoms. The average Bonchev–Trinajstić information content (AvgIpc) is 2.28. The molecule has 5 nitrogen and oxygen atoms in total. The van der Waals surface area contributed by atoms with Gasteiger partial charge in [0.1, 0.15) is 12.4 Å². The lowest BCUT2D eigenvalue weighted by molar-refractivity contribution is 0.260. The number of likely N-dealkylation sites (N-methyl/N-ethyl adjacent to an activating group) is 1. The highest BCUT2D eigenvalue weighted by atomic mass is 16.5. The first-order chi connectivity index (χ1) is 8.04. The number of hydrogen-bond acceptors (Lipinski definition) is 4. The Balaban J connectivity index is 2.84. The fourth-order valence-electron chi connectivity index (χ4n) is 1.35. The molecule has 0 spiro atoms. The number of aryl methyl sites for hydroxylation is 1. The summed E-state index contributed by atoms with van der Waals surface area (Å²) in [6.07, 6.45) is 0. The number of oxime groups is 1. The molecule has 0 atom stereocenters. The highest BCUT2D eigenvalue weighted by Gasteiger charge is 2.08. The van der Waals surface area contributed by atoms with E-state index in [1.54, 1.807) is 6.07 Å². The summed E-state index contributed by atoms with van der Waals surface area (Å²) in [5.41, 5.74) is 7.26. The number of nitrogens with two attached hydrogens (primary N) is 1. The van der Waals surface area contributed by atoms with Gasteiger partial charge in [0.2, 0.25) is 0 Å². The predicted octanol–water partition coefficient (Wildman–Crippen LogP) is 1.03. The van der Waals surface area contributed by atoms with Gasteiger partial charge in [-0.1, -0.05) is 11.2 Å². The van der Waals surface area contributed by atoms with Crippen molar-refractivity contribution in [3.05, 3.63) is 29.3 Å². The summed E-state index contributed by atoms with van der Waals surface area (Å²) in [6.45, 7) is 3.33. The molecule has 0 aromatic heterocycles. The van der Waals surface area contributed by atoms with Crippen molar-refractivity contribution < 1.29 is 9.94 Å². The molecule has 1 rings (SSSR count). The van der Waals surface area contributed by atoms with Crippen molar-refractivity contribution in [2.24, 2.45) is 10.9 Å². The number of ether oxygens (including phenoxy) is 1. The zero-order chi connectivity index (χ0) is 12.8. The van der Waals surface area contributed by atoms with E-state index in [-0.39, 0.29) is 5.84 Å². The maximum Gasteiger partial charge on any atom is 0.173 e. The summed E-state index contributed by atoms with van der Waals surface area (Å²) < 4.78 is 5.64. The first kappa shape index (κ1) is 13.3. The normalized spacial score (nSPS) is 11.9. The van der Waals surface area contributed by atoms with Crippen molar-refractivity contribution in [1.82, 2.24) is 4.90 Å². The van der Waals surface area contributed by atoms with E-state index < -0.39 is 0 Å².